The van der Waals surface area contributed by atoms with E-state index in [0.29, 0.717) is 29.6 Å². The second-order valence-corrected chi connectivity index (χ2v) is 10.6. The van der Waals surface area contributed by atoms with E-state index in [2.05, 4.69) is 38.0 Å². The Labute approximate surface area is 228 Å². The number of benzene rings is 2. The number of rotatable bonds is 11. The van der Waals surface area contributed by atoms with Gasteiger partial charge in [0.15, 0.2) is 4.34 Å². The summed E-state index contributed by atoms with van der Waals surface area (Å²) in [6.07, 6.45) is 2.00. The predicted molar refractivity (Wildman–Crippen MR) is 146 cm³/mol. The van der Waals surface area contributed by atoms with Gasteiger partial charge >= 0.3 is 5.97 Å². The van der Waals surface area contributed by atoms with Gasteiger partial charge < -0.3 is 14.8 Å². The molecule has 1 unspecified atom stereocenters. The zero-order valence-electron chi connectivity index (χ0n) is 21.0. The van der Waals surface area contributed by atoms with Crippen molar-refractivity contribution in [3.8, 4) is 16.3 Å². The third-order valence-corrected chi connectivity index (χ3v) is 7.93. The molecule has 196 valence electrons. The number of ether oxygens (including phenoxy) is 2. The molecule has 0 bridgehead atoms. The number of thioether (sulfide) groups is 1. The Morgan fingerprint density at radius 3 is 2.79 bits per heavy atom. The van der Waals surface area contributed by atoms with Crippen LogP contribution in [0.15, 0.2) is 70.2 Å². The first-order valence-corrected chi connectivity index (χ1v) is 14.2. The van der Waals surface area contributed by atoms with Crippen molar-refractivity contribution in [3.05, 3.63) is 71.4 Å². The molecule has 5 rings (SSSR count). The number of hydrogen-bond donors (Lipinski definition) is 1. The molecule has 0 radical (unpaired) electrons. The minimum atomic E-state index is -0.583. The first kappa shape index (κ1) is 25.9. The second kappa shape index (κ2) is 12.2. The van der Waals surface area contributed by atoms with Crippen molar-refractivity contribution < 1.29 is 14.3 Å². The quantitative estimate of drug-likeness (QED) is 0.156. The van der Waals surface area contributed by atoms with Crippen molar-refractivity contribution in [3.63, 3.8) is 0 Å². The molecular weight excluding hydrogens is 522 g/mol. The minimum Gasteiger partial charge on any atom is -0.494 e. The van der Waals surface area contributed by atoms with Gasteiger partial charge in [-0.15, -0.1) is 10.2 Å². The maximum Gasteiger partial charge on any atom is 0.338 e. The number of hydrogen-bond acceptors (Lipinski definition) is 11. The summed E-state index contributed by atoms with van der Waals surface area (Å²) in [6, 6.07) is 17.0. The fraction of sp³-hybridized carbons (Fsp3) is 0.308. The Kier molecular flexibility index (Phi) is 8.29. The average molecular weight is 550 g/mol. The lowest BCUT2D eigenvalue weighted by Gasteiger charge is -2.28. The predicted octanol–water partition coefficient (Wildman–Crippen LogP) is 4.99. The molecule has 0 fully saturated rings. The number of carbonyl (C=O) groups excluding carboxylic acids is 1. The molecule has 38 heavy (non-hydrogen) atoms. The number of unbranched alkanes of at least 4 members (excludes halogenated alkanes) is 1. The van der Waals surface area contributed by atoms with Crippen LogP contribution in [0.4, 0.5) is 5.95 Å². The van der Waals surface area contributed by atoms with Crippen molar-refractivity contribution in [2.45, 2.75) is 37.1 Å². The van der Waals surface area contributed by atoms with E-state index >= 15 is 0 Å². The first-order chi connectivity index (χ1) is 18.7. The van der Waals surface area contributed by atoms with Crippen LogP contribution < -0.4 is 10.1 Å². The molecule has 0 saturated carbocycles. The molecule has 12 heteroatoms. The maximum absolute atomic E-state index is 13.4. The largest absolute Gasteiger partial charge is 0.494 e. The van der Waals surface area contributed by atoms with Crippen molar-refractivity contribution in [2.75, 3.05) is 24.3 Å². The van der Waals surface area contributed by atoms with E-state index in [1.54, 1.807) is 11.6 Å². The number of nitrogens with one attached hydrogen (secondary N) is 1. The van der Waals surface area contributed by atoms with Gasteiger partial charge in [-0.2, -0.15) is 4.68 Å². The van der Waals surface area contributed by atoms with E-state index in [0.717, 1.165) is 39.1 Å². The Morgan fingerprint density at radius 2 is 1.97 bits per heavy atom. The molecule has 1 aliphatic rings. The fourth-order valence-corrected chi connectivity index (χ4v) is 5.84. The van der Waals surface area contributed by atoms with Crippen molar-refractivity contribution >= 4 is 35.0 Å². The van der Waals surface area contributed by atoms with Gasteiger partial charge in [0, 0.05) is 17.0 Å². The maximum atomic E-state index is 13.4. The molecular formula is C26H27N7O3S2. The van der Waals surface area contributed by atoms with Crippen LogP contribution in [0.1, 0.15) is 38.3 Å². The van der Waals surface area contributed by atoms with Crippen LogP contribution in [0.2, 0.25) is 0 Å². The molecule has 0 aliphatic carbocycles. The third kappa shape index (κ3) is 5.70. The Hall–Kier alpha value is -3.77. The Morgan fingerprint density at radius 1 is 1.11 bits per heavy atom. The smallest absolute Gasteiger partial charge is 0.338 e. The highest BCUT2D eigenvalue weighted by molar-refractivity contribution is 8.01. The summed E-state index contributed by atoms with van der Waals surface area (Å²) in [5, 5.41) is 24.9. The van der Waals surface area contributed by atoms with Crippen LogP contribution in [0.5, 0.6) is 5.75 Å². The molecule has 3 heterocycles. The molecule has 1 N–H and O–H groups in total. The summed E-state index contributed by atoms with van der Waals surface area (Å²) >= 11 is 2.99. The average Bonchev–Trinajstić information content (AvgIpc) is 3.62. The third-order valence-electron chi connectivity index (χ3n) is 5.80. The van der Waals surface area contributed by atoms with E-state index in [9.17, 15) is 4.79 Å². The van der Waals surface area contributed by atoms with Gasteiger partial charge in [-0.3, -0.25) is 0 Å². The summed E-state index contributed by atoms with van der Waals surface area (Å²) in [5.41, 5.74) is 2.94. The molecule has 10 nitrogen and oxygen atoms in total. The summed E-state index contributed by atoms with van der Waals surface area (Å²) < 4.78 is 13.8. The monoisotopic (exact) mass is 549 g/mol. The van der Waals surface area contributed by atoms with Crippen LogP contribution in [0.25, 0.3) is 10.6 Å². The lowest BCUT2D eigenvalue weighted by molar-refractivity contribution is -0.139. The van der Waals surface area contributed by atoms with Gasteiger partial charge in [0.1, 0.15) is 16.8 Å². The van der Waals surface area contributed by atoms with Crippen LogP contribution >= 0.6 is 23.1 Å². The standard InChI is InChI=1S/C26H27N7O3S2/c1-3-5-14-36-19-13-9-12-18(15-19)22-21(24(34)35-4-2)20(27-25-29-31-32-33(22)25)16-37-26-30-28-23(38-26)17-10-7-6-8-11-17/h6-13,15,22H,3-5,14,16H2,1-2H3,(H,27,29,32). The van der Waals surface area contributed by atoms with Gasteiger partial charge in [0.25, 0.3) is 0 Å². The van der Waals surface area contributed by atoms with Crippen LogP contribution in [0, 0.1) is 0 Å². The van der Waals surface area contributed by atoms with Crippen molar-refractivity contribution in [1.82, 2.24) is 30.4 Å². The lowest BCUT2D eigenvalue weighted by Crippen LogP contribution is -2.31. The van der Waals surface area contributed by atoms with E-state index in [1.807, 2.05) is 54.6 Å². The van der Waals surface area contributed by atoms with Gasteiger partial charge in [-0.25, -0.2) is 4.79 Å². The highest BCUT2D eigenvalue weighted by Gasteiger charge is 2.36. The molecule has 0 amide bonds. The summed E-state index contributed by atoms with van der Waals surface area (Å²) in [6.45, 7) is 4.77. The van der Waals surface area contributed by atoms with Crippen LogP contribution in [0.3, 0.4) is 0 Å². The zero-order valence-corrected chi connectivity index (χ0v) is 22.7. The fourth-order valence-electron chi connectivity index (χ4n) is 4.01. The second-order valence-electron chi connectivity index (χ2n) is 8.39. The lowest BCUT2D eigenvalue weighted by atomic mass is 9.95. The highest BCUT2D eigenvalue weighted by Crippen LogP contribution is 2.38. The number of anilines is 1. The van der Waals surface area contributed by atoms with Gasteiger partial charge in [-0.05, 0) is 41.5 Å². The van der Waals surface area contributed by atoms with Crippen LogP contribution in [-0.2, 0) is 9.53 Å². The number of aromatic nitrogens is 6. The topological polar surface area (TPSA) is 117 Å². The van der Waals surface area contributed by atoms with Crippen molar-refractivity contribution in [1.29, 1.82) is 0 Å². The highest BCUT2D eigenvalue weighted by atomic mass is 32.2. The van der Waals surface area contributed by atoms with E-state index in [-0.39, 0.29) is 6.61 Å². The van der Waals surface area contributed by atoms with E-state index in [1.165, 1.54) is 23.1 Å². The molecule has 1 aliphatic heterocycles. The normalized spacial score (nSPS) is 14.6. The number of tetrazole rings is 1. The van der Waals surface area contributed by atoms with Gasteiger partial charge in [-0.1, -0.05) is 84.0 Å². The van der Waals surface area contributed by atoms with Gasteiger partial charge in [0.05, 0.1) is 18.8 Å². The van der Waals surface area contributed by atoms with Crippen LogP contribution in [-0.4, -0.2) is 55.3 Å². The number of fused-ring (bicyclic) bond motifs is 1. The number of esters is 1. The van der Waals surface area contributed by atoms with E-state index in [4.69, 9.17) is 9.47 Å². The molecule has 4 aromatic rings. The molecule has 2 aromatic carbocycles. The Bertz CT molecular complexity index is 1420. The minimum absolute atomic E-state index is 0.245. The summed E-state index contributed by atoms with van der Waals surface area (Å²) in [5.74, 6) is 1.16. The SMILES string of the molecule is CCCCOc1cccc(C2C(C(=O)OCC)=C(CSc3nnc(-c4ccccc4)s3)Nc3nnnn32)c1. The number of nitrogens with zero attached hydrogens (tertiary/aromatic N) is 6. The number of carbonyl (C=O) groups is 1. The molecule has 0 spiro atoms. The van der Waals surface area contributed by atoms with Gasteiger partial charge in [0.2, 0.25) is 5.95 Å². The first-order valence-electron chi connectivity index (χ1n) is 12.4. The molecule has 2 aromatic heterocycles. The molecule has 0 saturated heterocycles. The van der Waals surface area contributed by atoms with E-state index < -0.39 is 12.0 Å². The van der Waals surface area contributed by atoms with Crippen molar-refractivity contribution in [2.24, 2.45) is 0 Å². The summed E-state index contributed by atoms with van der Waals surface area (Å²) in [4.78, 5) is 13.4. The zero-order chi connectivity index (χ0) is 26.3. The Balaban J connectivity index is 1.47. The molecule has 1 atom stereocenters. The summed E-state index contributed by atoms with van der Waals surface area (Å²) in [7, 11) is 0.